The topological polar surface area (TPSA) is 0 Å². The molecule has 6 rings (SSSR count). The van der Waals surface area contributed by atoms with Gasteiger partial charge in [0, 0.05) is 5.41 Å². The molecule has 0 saturated carbocycles. The lowest BCUT2D eigenvalue weighted by atomic mass is 9.82. The Morgan fingerprint density at radius 3 is 1.61 bits per heavy atom. The van der Waals surface area contributed by atoms with Crippen molar-refractivity contribution in [2.45, 2.75) is 59.8 Å². The van der Waals surface area contributed by atoms with Gasteiger partial charge in [-0.2, -0.15) is 0 Å². The molecule has 0 bridgehead atoms. The van der Waals surface area contributed by atoms with Crippen molar-refractivity contribution >= 4 is 6.08 Å². The summed E-state index contributed by atoms with van der Waals surface area (Å²) in [4.78, 5) is 0. The van der Waals surface area contributed by atoms with E-state index in [9.17, 15) is 0 Å². The fourth-order valence-corrected chi connectivity index (χ4v) is 5.39. The second kappa shape index (κ2) is 13.5. The van der Waals surface area contributed by atoms with Gasteiger partial charge in [0.25, 0.3) is 0 Å². The van der Waals surface area contributed by atoms with Gasteiger partial charge in [0.1, 0.15) is 0 Å². The van der Waals surface area contributed by atoms with Gasteiger partial charge in [-0.05, 0) is 76.8 Å². The van der Waals surface area contributed by atoms with Gasteiger partial charge in [0.2, 0.25) is 0 Å². The molecule has 0 heteroatoms. The third-order valence-corrected chi connectivity index (χ3v) is 8.11. The molecule has 1 aliphatic rings. The van der Waals surface area contributed by atoms with Crippen molar-refractivity contribution in [3.8, 4) is 22.3 Å². The van der Waals surface area contributed by atoms with Gasteiger partial charge in [-0.1, -0.05) is 167 Å². The van der Waals surface area contributed by atoms with Crippen molar-refractivity contribution < 1.29 is 0 Å². The summed E-state index contributed by atoms with van der Waals surface area (Å²) in [5, 5.41) is 0. The predicted octanol–water partition coefficient (Wildman–Crippen LogP) is 11.4. The predicted molar refractivity (Wildman–Crippen MR) is 181 cm³/mol. The first-order valence-electron chi connectivity index (χ1n) is 14.8. The Hall–Kier alpha value is -4.16. The highest BCUT2D eigenvalue weighted by atomic mass is 14.4. The van der Waals surface area contributed by atoms with E-state index in [1.807, 2.05) is 6.08 Å². The third-order valence-electron chi connectivity index (χ3n) is 8.11. The average Bonchev–Trinajstić information content (AvgIpc) is 3.24. The highest BCUT2D eigenvalue weighted by Crippen LogP contribution is 2.48. The summed E-state index contributed by atoms with van der Waals surface area (Å²) in [7, 11) is 0. The van der Waals surface area contributed by atoms with Crippen LogP contribution >= 0.6 is 0 Å². The molecule has 0 nitrogen and oxygen atoms in total. The van der Waals surface area contributed by atoms with Gasteiger partial charge >= 0.3 is 0 Å². The van der Waals surface area contributed by atoms with Crippen molar-refractivity contribution in [1.82, 2.24) is 0 Å². The summed E-state index contributed by atoms with van der Waals surface area (Å²) >= 11 is 0. The van der Waals surface area contributed by atoms with E-state index < -0.39 is 0 Å². The molecular weight excluding hydrogens is 492 g/mol. The molecule has 0 N–H and O–H groups in total. The van der Waals surface area contributed by atoms with Crippen LogP contribution in [0.25, 0.3) is 28.3 Å². The Kier molecular flexibility index (Phi) is 9.79. The van der Waals surface area contributed by atoms with Crippen LogP contribution < -0.4 is 0 Å². The number of aryl methyl sites for hydroxylation is 4. The van der Waals surface area contributed by atoms with Crippen molar-refractivity contribution in [3.05, 3.63) is 161 Å². The monoisotopic (exact) mass is 536 g/mol. The van der Waals surface area contributed by atoms with E-state index in [1.54, 1.807) is 0 Å². The Bertz CT molecular complexity index is 1560. The van der Waals surface area contributed by atoms with Crippen LogP contribution in [0.5, 0.6) is 0 Å². The maximum Gasteiger partial charge on any atom is 0.0158 e. The lowest BCUT2D eigenvalue weighted by Crippen LogP contribution is -2.14. The SMILES string of the molecule is C=Cc1ccc(CC)cc1.CCc1ccc(-c2ccc(C)cc2)cc1.Cc1ccc2c(c1)C(C)(C)c1ccccc1-2. The maximum atomic E-state index is 3.69. The lowest BCUT2D eigenvalue weighted by molar-refractivity contribution is 0.660. The molecule has 0 heterocycles. The summed E-state index contributed by atoms with van der Waals surface area (Å²) in [6.45, 7) is 16.9. The smallest absolute Gasteiger partial charge is 0.0158 e. The molecular formula is C41H44. The van der Waals surface area contributed by atoms with Gasteiger partial charge < -0.3 is 0 Å². The molecule has 5 aromatic rings. The van der Waals surface area contributed by atoms with Gasteiger partial charge in [-0.3, -0.25) is 0 Å². The lowest BCUT2D eigenvalue weighted by Gasteiger charge is -2.21. The van der Waals surface area contributed by atoms with E-state index in [1.165, 1.54) is 61.2 Å². The summed E-state index contributed by atoms with van der Waals surface area (Å²) < 4.78 is 0. The molecule has 0 amide bonds. The Morgan fingerprint density at radius 1 is 0.561 bits per heavy atom. The molecule has 1 aliphatic carbocycles. The standard InChI is InChI=1S/C16H16.C15H16.C10H12/c1-11-8-9-13-12-6-4-5-7-14(12)16(2,3)15(13)10-11;1-3-13-6-10-15(11-7-13)14-8-4-12(2)5-9-14;1-3-9-5-7-10(4-2)8-6-9/h4-10H,1-3H3;4-11H,3H2,1-2H3;3,5-8H,1,4H2,2H3. The second-order valence-electron chi connectivity index (χ2n) is 11.4. The molecule has 0 spiro atoms. The molecule has 41 heavy (non-hydrogen) atoms. The van der Waals surface area contributed by atoms with Crippen LogP contribution in [-0.4, -0.2) is 0 Å². The zero-order valence-corrected chi connectivity index (χ0v) is 25.7. The van der Waals surface area contributed by atoms with Crippen LogP contribution in [0.15, 0.2) is 122 Å². The number of benzene rings is 5. The number of hydrogen-bond donors (Lipinski definition) is 0. The van der Waals surface area contributed by atoms with Gasteiger partial charge in [-0.15, -0.1) is 0 Å². The number of rotatable bonds is 4. The Morgan fingerprint density at radius 2 is 1.05 bits per heavy atom. The zero-order chi connectivity index (χ0) is 29.4. The molecule has 5 aromatic carbocycles. The number of fused-ring (bicyclic) bond motifs is 3. The van der Waals surface area contributed by atoms with Crippen LogP contribution in [-0.2, 0) is 18.3 Å². The average molecular weight is 537 g/mol. The highest BCUT2D eigenvalue weighted by molar-refractivity contribution is 5.80. The molecule has 0 fully saturated rings. The van der Waals surface area contributed by atoms with E-state index in [-0.39, 0.29) is 5.41 Å². The van der Waals surface area contributed by atoms with Crippen LogP contribution in [0.4, 0.5) is 0 Å². The first-order valence-corrected chi connectivity index (χ1v) is 14.8. The quantitative estimate of drug-likeness (QED) is 0.214. The second-order valence-corrected chi connectivity index (χ2v) is 11.4. The molecule has 0 aliphatic heterocycles. The normalized spacial score (nSPS) is 12.1. The minimum atomic E-state index is 0.151. The van der Waals surface area contributed by atoms with E-state index in [2.05, 4.69) is 163 Å². The minimum absolute atomic E-state index is 0.151. The molecule has 0 radical (unpaired) electrons. The fourth-order valence-electron chi connectivity index (χ4n) is 5.39. The van der Waals surface area contributed by atoms with E-state index in [0.29, 0.717) is 0 Å². The Labute approximate surface area is 248 Å². The first-order chi connectivity index (χ1) is 19.8. The van der Waals surface area contributed by atoms with Gasteiger partial charge in [-0.25, -0.2) is 0 Å². The third kappa shape index (κ3) is 7.14. The Balaban J connectivity index is 0.000000146. The van der Waals surface area contributed by atoms with E-state index in [4.69, 9.17) is 0 Å². The van der Waals surface area contributed by atoms with Crippen molar-refractivity contribution in [2.75, 3.05) is 0 Å². The van der Waals surface area contributed by atoms with Crippen molar-refractivity contribution in [1.29, 1.82) is 0 Å². The van der Waals surface area contributed by atoms with Crippen molar-refractivity contribution in [2.24, 2.45) is 0 Å². The maximum absolute atomic E-state index is 3.69. The zero-order valence-electron chi connectivity index (χ0n) is 25.7. The molecule has 0 atom stereocenters. The molecule has 0 saturated heterocycles. The summed E-state index contributed by atoms with van der Waals surface area (Å²) in [6.07, 6.45) is 4.07. The molecule has 208 valence electrons. The van der Waals surface area contributed by atoms with Gasteiger partial charge in [0.15, 0.2) is 0 Å². The fraction of sp³-hybridized carbons (Fsp3) is 0.220. The summed E-state index contributed by atoms with van der Waals surface area (Å²) in [5.41, 5.74) is 15.1. The van der Waals surface area contributed by atoms with Crippen LogP contribution in [0.3, 0.4) is 0 Å². The van der Waals surface area contributed by atoms with Gasteiger partial charge in [0.05, 0.1) is 0 Å². The largest absolute Gasteiger partial charge is 0.0985 e. The van der Waals surface area contributed by atoms with E-state index in [0.717, 1.165) is 12.8 Å². The van der Waals surface area contributed by atoms with Crippen LogP contribution in [0, 0.1) is 13.8 Å². The van der Waals surface area contributed by atoms with Crippen LogP contribution in [0.2, 0.25) is 0 Å². The summed E-state index contributed by atoms with van der Waals surface area (Å²) in [5.74, 6) is 0. The number of hydrogen-bond acceptors (Lipinski definition) is 0. The van der Waals surface area contributed by atoms with Crippen LogP contribution in [0.1, 0.15) is 66.6 Å². The first kappa shape index (κ1) is 29.8. The highest BCUT2D eigenvalue weighted by Gasteiger charge is 2.34. The van der Waals surface area contributed by atoms with Crippen molar-refractivity contribution in [3.63, 3.8) is 0 Å². The minimum Gasteiger partial charge on any atom is -0.0985 e. The summed E-state index contributed by atoms with van der Waals surface area (Å²) in [6, 6.07) is 41.5. The molecule has 0 aromatic heterocycles. The molecule has 0 unspecified atom stereocenters. The van der Waals surface area contributed by atoms with E-state index >= 15 is 0 Å².